The summed E-state index contributed by atoms with van der Waals surface area (Å²) in [5, 5.41) is 26.5. The lowest BCUT2D eigenvalue weighted by atomic mass is 10.0. The number of hydrogen-bond acceptors (Lipinski definition) is 6. The number of carbonyl (C=O) groups is 3. The number of hydrogen-bond donors (Lipinski definition) is 2. The van der Waals surface area contributed by atoms with E-state index in [4.69, 9.17) is 10.2 Å². The van der Waals surface area contributed by atoms with Crippen molar-refractivity contribution >= 4 is 23.5 Å². The van der Waals surface area contributed by atoms with Crippen LogP contribution >= 0.6 is 0 Å². The van der Waals surface area contributed by atoms with E-state index >= 15 is 0 Å². The number of nitro benzene ring substituents is 1. The fraction of sp³-hybridized carbons (Fsp3) is 0.320. The third-order valence-electron chi connectivity index (χ3n) is 5.64. The zero-order valence-electron chi connectivity index (χ0n) is 19.4. The van der Waals surface area contributed by atoms with Gasteiger partial charge in [0.1, 0.15) is 0 Å². The predicted molar refractivity (Wildman–Crippen MR) is 129 cm³/mol. The third kappa shape index (κ3) is 9.38. The first-order valence-corrected chi connectivity index (χ1v) is 11.1. The molecule has 10 nitrogen and oxygen atoms in total. The van der Waals surface area contributed by atoms with Crippen LogP contribution in [-0.2, 0) is 16.0 Å². The van der Waals surface area contributed by atoms with Crippen LogP contribution in [0.5, 0.6) is 0 Å². The molecule has 2 aromatic rings. The Labute approximate surface area is 203 Å². The lowest BCUT2D eigenvalue weighted by molar-refractivity contribution is -0.384. The lowest BCUT2D eigenvalue weighted by Gasteiger charge is -2.36. The molecular weight excluding hydrogens is 454 g/mol. The van der Waals surface area contributed by atoms with E-state index < -0.39 is 16.9 Å². The second-order valence-electron chi connectivity index (χ2n) is 8.06. The van der Waals surface area contributed by atoms with E-state index in [1.807, 2.05) is 6.07 Å². The van der Waals surface area contributed by atoms with Gasteiger partial charge in [0.2, 0.25) is 0 Å². The molecular formula is C25H29N3O7. The average molecular weight is 484 g/mol. The van der Waals surface area contributed by atoms with Crippen molar-refractivity contribution in [1.29, 1.82) is 0 Å². The van der Waals surface area contributed by atoms with E-state index in [0.717, 1.165) is 25.8 Å². The number of piperidine rings is 1. The van der Waals surface area contributed by atoms with Crippen molar-refractivity contribution in [2.24, 2.45) is 0 Å². The highest BCUT2D eigenvalue weighted by Gasteiger charge is 2.26. The Kier molecular flexibility index (Phi) is 10.6. The van der Waals surface area contributed by atoms with E-state index in [-0.39, 0.29) is 11.6 Å². The van der Waals surface area contributed by atoms with Gasteiger partial charge < -0.3 is 20.0 Å². The van der Waals surface area contributed by atoms with Crippen LogP contribution < -0.4 is 0 Å². The van der Waals surface area contributed by atoms with Crippen LogP contribution in [-0.4, -0.2) is 75.5 Å². The molecule has 1 amide bonds. The Morgan fingerprint density at radius 3 is 2.17 bits per heavy atom. The van der Waals surface area contributed by atoms with E-state index in [1.54, 1.807) is 17.0 Å². The van der Waals surface area contributed by atoms with E-state index in [1.165, 1.54) is 17.7 Å². The second-order valence-corrected chi connectivity index (χ2v) is 8.06. The number of nitrogens with zero attached hydrogens (tertiary/aromatic N) is 3. The van der Waals surface area contributed by atoms with Gasteiger partial charge >= 0.3 is 11.9 Å². The largest absolute Gasteiger partial charge is 0.478 e. The smallest absolute Gasteiger partial charge is 0.328 e. The van der Waals surface area contributed by atoms with Crippen LogP contribution in [0.25, 0.3) is 0 Å². The minimum Gasteiger partial charge on any atom is -0.478 e. The first-order chi connectivity index (χ1) is 16.7. The minimum atomic E-state index is -1.26. The number of amides is 1. The first-order valence-electron chi connectivity index (χ1n) is 11.1. The number of likely N-dealkylation sites (tertiary alicyclic amines) is 1. The van der Waals surface area contributed by atoms with Gasteiger partial charge in [-0.3, -0.25) is 14.9 Å². The van der Waals surface area contributed by atoms with Crippen LogP contribution in [0.3, 0.4) is 0 Å². The molecule has 0 saturated carbocycles. The normalized spacial score (nSPS) is 13.8. The summed E-state index contributed by atoms with van der Waals surface area (Å²) in [4.78, 5) is 46.4. The van der Waals surface area contributed by atoms with Gasteiger partial charge in [-0.1, -0.05) is 36.4 Å². The van der Waals surface area contributed by atoms with E-state index in [0.29, 0.717) is 36.8 Å². The highest BCUT2D eigenvalue weighted by molar-refractivity contribution is 5.95. The monoisotopic (exact) mass is 483 g/mol. The summed E-state index contributed by atoms with van der Waals surface area (Å²) in [6, 6.07) is 16.9. The molecule has 35 heavy (non-hydrogen) atoms. The predicted octanol–water partition coefficient (Wildman–Crippen LogP) is 3.09. The molecule has 10 heteroatoms. The van der Waals surface area contributed by atoms with Crippen LogP contribution in [0.1, 0.15) is 28.8 Å². The molecule has 1 saturated heterocycles. The number of benzene rings is 2. The van der Waals surface area contributed by atoms with Crippen molar-refractivity contribution < 1.29 is 29.5 Å². The number of non-ortho nitro benzene ring substituents is 1. The molecule has 186 valence electrons. The van der Waals surface area contributed by atoms with Gasteiger partial charge in [-0.25, -0.2) is 9.59 Å². The Bertz CT molecular complexity index is 1030. The van der Waals surface area contributed by atoms with E-state index in [2.05, 4.69) is 36.2 Å². The van der Waals surface area contributed by atoms with Gasteiger partial charge in [0.15, 0.2) is 0 Å². The number of carbonyl (C=O) groups excluding carboxylic acids is 1. The maximum absolute atomic E-state index is 12.7. The van der Waals surface area contributed by atoms with Gasteiger partial charge in [0, 0.05) is 55.5 Å². The second kappa shape index (κ2) is 13.6. The zero-order valence-corrected chi connectivity index (χ0v) is 19.4. The van der Waals surface area contributed by atoms with Crippen LogP contribution in [0.2, 0.25) is 0 Å². The molecule has 0 radical (unpaired) electrons. The Hall–Kier alpha value is -4.05. The SMILES string of the molecule is CN(CCc1ccccc1)C1CCN(C(=O)c2cccc([N+](=O)[O-])c2)CC1.O=C(O)C=CC(=O)O. The molecule has 1 heterocycles. The Morgan fingerprint density at radius 2 is 1.63 bits per heavy atom. The molecule has 0 bridgehead atoms. The Morgan fingerprint density at radius 1 is 1.03 bits per heavy atom. The molecule has 0 aromatic heterocycles. The molecule has 1 fully saturated rings. The summed E-state index contributed by atoms with van der Waals surface area (Å²) < 4.78 is 0. The summed E-state index contributed by atoms with van der Waals surface area (Å²) in [6.07, 6.45) is 3.98. The zero-order chi connectivity index (χ0) is 25.8. The van der Waals surface area contributed by atoms with Crippen molar-refractivity contribution in [1.82, 2.24) is 9.80 Å². The first kappa shape index (κ1) is 27.2. The van der Waals surface area contributed by atoms with Crippen LogP contribution in [0.15, 0.2) is 66.7 Å². The van der Waals surface area contributed by atoms with Crippen LogP contribution in [0.4, 0.5) is 5.69 Å². The number of carboxylic acids is 2. The highest BCUT2D eigenvalue weighted by atomic mass is 16.6. The minimum absolute atomic E-state index is 0.0450. The van der Waals surface area contributed by atoms with Gasteiger partial charge in [-0.05, 0) is 37.9 Å². The van der Waals surface area contributed by atoms with Gasteiger partial charge in [0.25, 0.3) is 11.6 Å². The fourth-order valence-corrected chi connectivity index (χ4v) is 3.72. The summed E-state index contributed by atoms with van der Waals surface area (Å²) in [5.74, 6) is -2.64. The molecule has 1 aliphatic heterocycles. The van der Waals surface area contributed by atoms with Crippen molar-refractivity contribution in [3.63, 3.8) is 0 Å². The molecule has 3 rings (SSSR count). The van der Waals surface area contributed by atoms with Crippen molar-refractivity contribution in [3.8, 4) is 0 Å². The number of likely N-dealkylation sites (N-methyl/N-ethyl adjacent to an activating group) is 1. The van der Waals surface area contributed by atoms with Gasteiger partial charge in [-0.2, -0.15) is 0 Å². The molecule has 1 aliphatic rings. The lowest BCUT2D eigenvalue weighted by Crippen LogP contribution is -2.46. The molecule has 2 N–H and O–H groups in total. The maximum atomic E-state index is 12.7. The molecule has 0 unspecified atom stereocenters. The summed E-state index contributed by atoms with van der Waals surface area (Å²) >= 11 is 0. The van der Waals surface area contributed by atoms with Gasteiger partial charge in [-0.15, -0.1) is 0 Å². The third-order valence-corrected chi connectivity index (χ3v) is 5.64. The summed E-state index contributed by atoms with van der Waals surface area (Å²) in [5.41, 5.74) is 1.68. The van der Waals surface area contributed by atoms with Gasteiger partial charge in [0.05, 0.1) is 4.92 Å². The Balaban J connectivity index is 0.000000466. The standard InChI is InChI=1S/C21H25N3O3.C4H4O4/c1-22(13-10-17-6-3-2-4-7-17)19-11-14-23(15-12-19)21(25)18-8-5-9-20(16-18)24(26)27;5-3(6)1-2-4(7)8/h2-9,16,19H,10-15H2,1H3;1-2H,(H,5,6)(H,7,8). The summed E-state index contributed by atoms with van der Waals surface area (Å²) in [6.45, 7) is 2.36. The fourth-order valence-electron chi connectivity index (χ4n) is 3.72. The molecule has 0 aliphatic carbocycles. The molecule has 2 aromatic carbocycles. The quantitative estimate of drug-likeness (QED) is 0.331. The number of carboxylic acid groups (broad SMARTS) is 2. The average Bonchev–Trinajstić information content (AvgIpc) is 2.86. The topological polar surface area (TPSA) is 141 Å². The molecule has 0 atom stereocenters. The van der Waals surface area contributed by atoms with Crippen molar-refractivity contribution in [2.75, 3.05) is 26.7 Å². The van der Waals surface area contributed by atoms with Crippen molar-refractivity contribution in [2.45, 2.75) is 25.3 Å². The highest BCUT2D eigenvalue weighted by Crippen LogP contribution is 2.20. The number of rotatable bonds is 8. The number of nitro groups is 1. The van der Waals surface area contributed by atoms with Crippen LogP contribution in [0, 0.1) is 10.1 Å². The summed E-state index contributed by atoms with van der Waals surface area (Å²) in [7, 11) is 2.14. The van der Waals surface area contributed by atoms with E-state index in [9.17, 15) is 24.5 Å². The molecule has 0 spiro atoms. The number of aliphatic carboxylic acids is 2. The van der Waals surface area contributed by atoms with Crippen molar-refractivity contribution in [3.05, 3.63) is 88.0 Å². The maximum Gasteiger partial charge on any atom is 0.328 e.